The molecule has 0 unspecified atom stereocenters. The van der Waals surface area contributed by atoms with Crippen LogP contribution < -0.4 is 10.5 Å². The van der Waals surface area contributed by atoms with Crippen LogP contribution >= 0.6 is 0 Å². The first-order valence-electron chi connectivity index (χ1n) is 4.90. The van der Waals surface area contributed by atoms with Crippen LogP contribution in [0.25, 0.3) is 0 Å². The smallest absolute Gasteiger partial charge is 0.339 e. The number of ether oxygens (including phenoxy) is 1. The number of aryl methyl sites for hydroxylation is 1. The van der Waals surface area contributed by atoms with E-state index in [9.17, 15) is 9.18 Å². The number of hydrogen-bond donors (Lipinski definition) is 2. The first kappa shape index (κ1) is 12.4. The third-order valence-electron chi connectivity index (χ3n) is 2.21. The molecule has 0 spiro atoms. The minimum Gasteiger partial charge on any atom is -0.493 e. The molecule has 0 atom stereocenters. The number of methoxy groups -OCH3 is 1. The molecule has 0 aliphatic rings. The normalized spacial score (nSPS) is 10.2. The molecular formula is C11H14FNO3. The SMILES string of the molecule is COc1c(F)cc(CCCN)cc1C(=O)O. The van der Waals surface area contributed by atoms with Crippen LogP contribution in [-0.2, 0) is 6.42 Å². The van der Waals surface area contributed by atoms with E-state index in [-0.39, 0.29) is 11.3 Å². The summed E-state index contributed by atoms with van der Waals surface area (Å²) in [5.41, 5.74) is 5.79. The number of carbonyl (C=O) groups is 1. The van der Waals surface area contributed by atoms with Crippen LogP contribution in [0.2, 0.25) is 0 Å². The van der Waals surface area contributed by atoms with Gasteiger partial charge in [0.05, 0.1) is 7.11 Å². The van der Waals surface area contributed by atoms with E-state index in [1.807, 2.05) is 0 Å². The number of rotatable bonds is 5. The molecule has 3 N–H and O–H groups in total. The van der Waals surface area contributed by atoms with E-state index in [2.05, 4.69) is 0 Å². The van der Waals surface area contributed by atoms with Crippen LogP contribution in [0.4, 0.5) is 4.39 Å². The number of halogens is 1. The second kappa shape index (κ2) is 5.46. The Labute approximate surface area is 92.8 Å². The molecule has 1 rings (SSSR count). The topological polar surface area (TPSA) is 72.5 Å². The zero-order valence-electron chi connectivity index (χ0n) is 9.00. The Morgan fingerprint density at radius 3 is 2.75 bits per heavy atom. The third kappa shape index (κ3) is 2.70. The van der Waals surface area contributed by atoms with E-state index in [0.717, 1.165) is 0 Å². The summed E-state index contributed by atoms with van der Waals surface area (Å²) in [4.78, 5) is 10.9. The molecule has 4 nitrogen and oxygen atoms in total. The molecule has 0 aromatic heterocycles. The van der Waals surface area contributed by atoms with Gasteiger partial charge in [0, 0.05) is 0 Å². The van der Waals surface area contributed by atoms with Gasteiger partial charge in [0.25, 0.3) is 0 Å². The van der Waals surface area contributed by atoms with Crippen LogP contribution in [0, 0.1) is 5.82 Å². The van der Waals surface area contributed by atoms with Crippen molar-refractivity contribution in [3.63, 3.8) is 0 Å². The lowest BCUT2D eigenvalue weighted by Crippen LogP contribution is -2.06. The van der Waals surface area contributed by atoms with Crippen molar-refractivity contribution in [2.75, 3.05) is 13.7 Å². The van der Waals surface area contributed by atoms with Gasteiger partial charge in [0.15, 0.2) is 11.6 Å². The summed E-state index contributed by atoms with van der Waals surface area (Å²) >= 11 is 0. The number of nitrogens with two attached hydrogens (primary N) is 1. The van der Waals surface area contributed by atoms with E-state index in [0.29, 0.717) is 24.9 Å². The molecular weight excluding hydrogens is 213 g/mol. The minimum atomic E-state index is -1.20. The minimum absolute atomic E-state index is 0.158. The molecule has 0 fully saturated rings. The predicted molar refractivity (Wildman–Crippen MR) is 57.3 cm³/mol. The summed E-state index contributed by atoms with van der Waals surface area (Å²) in [5.74, 6) is -2.09. The van der Waals surface area contributed by atoms with Gasteiger partial charge >= 0.3 is 5.97 Å². The maximum Gasteiger partial charge on any atom is 0.339 e. The molecule has 88 valence electrons. The number of carboxylic acid groups (broad SMARTS) is 1. The number of hydrogen-bond acceptors (Lipinski definition) is 3. The highest BCUT2D eigenvalue weighted by atomic mass is 19.1. The van der Waals surface area contributed by atoms with E-state index in [1.54, 1.807) is 0 Å². The summed E-state index contributed by atoms with van der Waals surface area (Å²) in [7, 11) is 1.24. The van der Waals surface area contributed by atoms with E-state index < -0.39 is 11.8 Å². The monoisotopic (exact) mass is 227 g/mol. The fourth-order valence-electron chi connectivity index (χ4n) is 1.47. The van der Waals surface area contributed by atoms with Crippen molar-refractivity contribution in [3.05, 3.63) is 29.1 Å². The fraction of sp³-hybridized carbons (Fsp3) is 0.364. The molecule has 5 heteroatoms. The molecule has 0 saturated carbocycles. The van der Waals surface area contributed by atoms with Gasteiger partial charge in [0.1, 0.15) is 5.56 Å². The molecule has 1 aromatic carbocycles. The zero-order chi connectivity index (χ0) is 12.1. The molecule has 0 aliphatic heterocycles. The lowest BCUT2D eigenvalue weighted by Gasteiger charge is -2.08. The quantitative estimate of drug-likeness (QED) is 0.798. The number of aromatic carboxylic acids is 1. The maximum absolute atomic E-state index is 13.5. The molecule has 0 saturated heterocycles. The van der Waals surface area contributed by atoms with Gasteiger partial charge < -0.3 is 15.6 Å². The molecule has 0 heterocycles. The van der Waals surface area contributed by atoms with Crippen molar-refractivity contribution in [3.8, 4) is 5.75 Å². The molecule has 0 bridgehead atoms. The van der Waals surface area contributed by atoms with Crippen molar-refractivity contribution in [2.24, 2.45) is 5.73 Å². The average molecular weight is 227 g/mol. The van der Waals surface area contributed by atoms with Crippen molar-refractivity contribution < 1.29 is 19.0 Å². The summed E-state index contributed by atoms with van der Waals surface area (Å²) in [6.45, 7) is 0.482. The number of carboxylic acids is 1. The Bertz CT molecular complexity index is 393. The Balaban J connectivity index is 3.12. The van der Waals surface area contributed by atoms with E-state index in [1.165, 1.54) is 19.2 Å². The maximum atomic E-state index is 13.5. The highest BCUT2D eigenvalue weighted by molar-refractivity contribution is 5.91. The van der Waals surface area contributed by atoms with Crippen molar-refractivity contribution in [1.29, 1.82) is 0 Å². The van der Waals surface area contributed by atoms with E-state index >= 15 is 0 Å². The standard InChI is InChI=1S/C11H14FNO3/c1-16-10-8(11(14)15)5-7(3-2-4-13)6-9(10)12/h5-6H,2-4,13H2,1H3,(H,14,15). The highest BCUT2D eigenvalue weighted by Crippen LogP contribution is 2.25. The Kier molecular flexibility index (Phi) is 4.25. The highest BCUT2D eigenvalue weighted by Gasteiger charge is 2.16. The fourth-order valence-corrected chi connectivity index (χ4v) is 1.47. The van der Waals surface area contributed by atoms with Crippen molar-refractivity contribution in [1.82, 2.24) is 0 Å². The molecule has 0 radical (unpaired) electrons. The summed E-state index contributed by atoms with van der Waals surface area (Å²) in [6, 6.07) is 2.70. The summed E-state index contributed by atoms with van der Waals surface area (Å²) in [6.07, 6.45) is 1.24. The van der Waals surface area contributed by atoms with Gasteiger partial charge in [-0.1, -0.05) is 0 Å². The first-order valence-corrected chi connectivity index (χ1v) is 4.90. The third-order valence-corrected chi connectivity index (χ3v) is 2.21. The first-order chi connectivity index (χ1) is 7.60. The van der Waals surface area contributed by atoms with Gasteiger partial charge in [-0.15, -0.1) is 0 Å². The average Bonchev–Trinajstić information content (AvgIpc) is 2.25. The van der Waals surface area contributed by atoms with Crippen LogP contribution in [0.5, 0.6) is 5.75 Å². The predicted octanol–water partition coefficient (Wildman–Crippen LogP) is 1.42. The second-order valence-electron chi connectivity index (χ2n) is 3.36. The van der Waals surface area contributed by atoms with Crippen LogP contribution in [0.15, 0.2) is 12.1 Å². The van der Waals surface area contributed by atoms with E-state index in [4.69, 9.17) is 15.6 Å². The lowest BCUT2D eigenvalue weighted by atomic mass is 10.0. The van der Waals surface area contributed by atoms with Gasteiger partial charge in [0.2, 0.25) is 0 Å². The van der Waals surface area contributed by atoms with Crippen molar-refractivity contribution in [2.45, 2.75) is 12.8 Å². The summed E-state index contributed by atoms with van der Waals surface area (Å²) < 4.78 is 18.2. The molecule has 0 amide bonds. The summed E-state index contributed by atoms with van der Waals surface area (Å²) in [5, 5.41) is 8.90. The molecule has 0 aliphatic carbocycles. The van der Waals surface area contributed by atoms with Gasteiger partial charge in [-0.05, 0) is 37.1 Å². The lowest BCUT2D eigenvalue weighted by molar-refractivity contribution is 0.0692. The van der Waals surface area contributed by atoms with Crippen LogP contribution in [0.3, 0.4) is 0 Å². The zero-order valence-corrected chi connectivity index (χ0v) is 9.00. The van der Waals surface area contributed by atoms with Crippen LogP contribution in [0.1, 0.15) is 22.3 Å². The van der Waals surface area contributed by atoms with Gasteiger partial charge in [-0.3, -0.25) is 0 Å². The Morgan fingerprint density at radius 2 is 2.25 bits per heavy atom. The van der Waals surface area contributed by atoms with Gasteiger partial charge in [-0.2, -0.15) is 0 Å². The second-order valence-corrected chi connectivity index (χ2v) is 3.36. The Morgan fingerprint density at radius 1 is 1.56 bits per heavy atom. The largest absolute Gasteiger partial charge is 0.493 e. The van der Waals surface area contributed by atoms with Crippen molar-refractivity contribution >= 4 is 5.97 Å². The molecule has 16 heavy (non-hydrogen) atoms. The van der Waals surface area contributed by atoms with Gasteiger partial charge in [-0.25, -0.2) is 9.18 Å². The number of benzene rings is 1. The Hall–Kier alpha value is -1.62. The van der Waals surface area contributed by atoms with Crippen LogP contribution in [-0.4, -0.2) is 24.7 Å². The molecule has 1 aromatic rings.